The zero-order valence-electron chi connectivity index (χ0n) is 11.0. The highest BCUT2D eigenvalue weighted by Gasteiger charge is 2.30. The average molecular weight is 359 g/mol. The smallest absolute Gasteiger partial charge is 0.271 e. The Labute approximate surface area is 129 Å². The summed E-state index contributed by atoms with van der Waals surface area (Å²) in [5, 5.41) is 0. The van der Waals surface area contributed by atoms with E-state index in [0.29, 0.717) is 12.0 Å². The van der Waals surface area contributed by atoms with Crippen molar-refractivity contribution >= 4 is 15.9 Å². The van der Waals surface area contributed by atoms with Crippen molar-refractivity contribution < 1.29 is 13.2 Å². The van der Waals surface area contributed by atoms with Gasteiger partial charge in [0.05, 0.1) is 5.56 Å². The molecular formula is C15H14BrF3N2. The summed E-state index contributed by atoms with van der Waals surface area (Å²) in [5.41, 5.74) is 3.39. The Kier molecular flexibility index (Phi) is 5.03. The van der Waals surface area contributed by atoms with Crippen LogP contribution >= 0.6 is 15.9 Å². The van der Waals surface area contributed by atoms with E-state index in [-0.39, 0.29) is 6.04 Å². The number of nitrogens with one attached hydrogen (secondary N) is 1. The van der Waals surface area contributed by atoms with Gasteiger partial charge in [-0.15, -0.1) is 0 Å². The number of rotatable bonds is 4. The number of hydrazine groups is 1. The molecule has 3 N–H and O–H groups in total. The Hall–Kier alpha value is -1.37. The molecule has 1 unspecified atom stereocenters. The molecule has 0 saturated carbocycles. The molecule has 0 aliphatic rings. The Bertz CT molecular complexity index is 614. The highest BCUT2D eigenvalue weighted by Crippen LogP contribution is 2.31. The van der Waals surface area contributed by atoms with Crippen LogP contribution < -0.4 is 11.3 Å². The van der Waals surface area contributed by atoms with Crippen LogP contribution in [-0.2, 0) is 12.6 Å². The van der Waals surface area contributed by atoms with E-state index in [4.69, 9.17) is 5.84 Å². The fourth-order valence-corrected chi connectivity index (χ4v) is 2.55. The molecule has 1 atom stereocenters. The molecule has 2 aromatic rings. The normalized spacial score (nSPS) is 13.2. The van der Waals surface area contributed by atoms with Crippen molar-refractivity contribution in [3.05, 3.63) is 69.7 Å². The summed E-state index contributed by atoms with van der Waals surface area (Å²) in [6, 6.07) is 12.4. The summed E-state index contributed by atoms with van der Waals surface area (Å²) in [6.45, 7) is 0. The molecule has 21 heavy (non-hydrogen) atoms. The molecule has 0 saturated heterocycles. The van der Waals surface area contributed by atoms with Gasteiger partial charge >= 0.3 is 6.18 Å². The van der Waals surface area contributed by atoms with E-state index in [9.17, 15) is 13.2 Å². The molecule has 2 nitrogen and oxygen atoms in total. The molecule has 0 aliphatic carbocycles. The lowest BCUT2D eigenvalue weighted by molar-refractivity contribution is -0.137. The van der Waals surface area contributed by atoms with Crippen molar-refractivity contribution in [2.45, 2.75) is 18.6 Å². The van der Waals surface area contributed by atoms with Crippen molar-refractivity contribution in [1.82, 2.24) is 5.43 Å². The molecule has 0 spiro atoms. The molecule has 6 heteroatoms. The molecule has 0 bridgehead atoms. The Balaban J connectivity index is 2.25. The van der Waals surface area contributed by atoms with Gasteiger partial charge in [0.25, 0.3) is 0 Å². The van der Waals surface area contributed by atoms with Gasteiger partial charge in [0.2, 0.25) is 0 Å². The molecule has 0 heterocycles. The zero-order valence-corrected chi connectivity index (χ0v) is 12.6. The summed E-state index contributed by atoms with van der Waals surface area (Å²) >= 11 is 3.37. The van der Waals surface area contributed by atoms with Crippen molar-refractivity contribution in [1.29, 1.82) is 0 Å². The maximum absolute atomic E-state index is 12.8. The number of hydrogen-bond acceptors (Lipinski definition) is 2. The van der Waals surface area contributed by atoms with Crippen LogP contribution in [0.1, 0.15) is 22.7 Å². The third-order valence-corrected chi connectivity index (χ3v) is 3.64. The second kappa shape index (κ2) is 6.60. The van der Waals surface area contributed by atoms with E-state index in [1.165, 1.54) is 6.07 Å². The Morgan fingerprint density at radius 3 is 2.43 bits per heavy atom. The first-order chi connectivity index (χ1) is 9.90. The van der Waals surface area contributed by atoms with Gasteiger partial charge in [-0.3, -0.25) is 11.3 Å². The summed E-state index contributed by atoms with van der Waals surface area (Å²) in [4.78, 5) is 0. The van der Waals surface area contributed by atoms with Gasteiger partial charge in [-0.1, -0.05) is 40.2 Å². The highest BCUT2D eigenvalue weighted by molar-refractivity contribution is 9.10. The summed E-state index contributed by atoms with van der Waals surface area (Å²) in [6.07, 6.45) is -3.86. The van der Waals surface area contributed by atoms with Gasteiger partial charge in [0.15, 0.2) is 0 Å². The topological polar surface area (TPSA) is 38.0 Å². The van der Waals surface area contributed by atoms with E-state index in [2.05, 4.69) is 21.4 Å². The van der Waals surface area contributed by atoms with Crippen LogP contribution in [0.15, 0.2) is 53.0 Å². The van der Waals surface area contributed by atoms with E-state index < -0.39 is 11.7 Å². The summed E-state index contributed by atoms with van der Waals surface area (Å²) in [5.74, 6) is 5.51. The molecular weight excluding hydrogens is 345 g/mol. The first-order valence-corrected chi connectivity index (χ1v) is 7.07. The molecule has 0 amide bonds. The Morgan fingerprint density at radius 2 is 1.81 bits per heavy atom. The standard InChI is InChI=1S/C15H14BrF3N2/c16-13-6-1-3-10(7-13)8-14(21-20)11-4-2-5-12(9-11)15(17,18)19/h1-7,9,14,21H,8,20H2. The number of benzene rings is 2. The van der Waals surface area contributed by atoms with Crippen LogP contribution in [0, 0.1) is 0 Å². The lowest BCUT2D eigenvalue weighted by Crippen LogP contribution is -2.29. The van der Waals surface area contributed by atoms with Crippen LogP contribution in [0.2, 0.25) is 0 Å². The minimum absolute atomic E-state index is 0.387. The second-order valence-electron chi connectivity index (χ2n) is 4.68. The third kappa shape index (κ3) is 4.30. The molecule has 2 rings (SSSR count). The quantitative estimate of drug-likeness (QED) is 0.634. The van der Waals surface area contributed by atoms with Crippen LogP contribution in [0.3, 0.4) is 0 Å². The fraction of sp³-hybridized carbons (Fsp3) is 0.200. The van der Waals surface area contributed by atoms with Crippen molar-refractivity contribution in [2.75, 3.05) is 0 Å². The minimum atomic E-state index is -4.36. The van der Waals surface area contributed by atoms with Gasteiger partial charge in [0, 0.05) is 10.5 Å². The molecule has 0 aliphatic heterocycles. The SMILES string of the molecule is NNC(Cc1cccc(Br)c1)c1cccc(C(F)(F)F)c1. The first kappa shape index (κ1) is 16.0. The minimum Gasteiger partial charge on any atom is -0.271 e. The molecule has 0 fully saturated rings. The second-order valence-corrected chi connectivity index (χ2v) is 5.59. The van der Waals surface area contributed by atoms with Crippen LogP contribution in [0.4, 0.5) is 13.2 Å². The average Bonchev–Trinajstić information content (AvgIpc) is 2.44. The van der Waals surface area contributed by atoms with E-state index in [0.717, 1.165) is 22.2 Å². The van der Waals surface area contributed by atoms with Gasteiger partial charge in [-0.25, -0.2) is 0 Å². The summed E-state index contributed by atoms with van der Waals surface area (Å²) < 4.78 is 39.2. The third-order valence-electron chi connectivity index (χ3n) is 3.15. The zero-order chi connectivity index (χ0) is 15.5. The molecule has 2 aromatic carbocycles. The largest absolute Gasteiger partial charge is 0.416 e. The number of halogens is 4. The lowest BCUT2D eigenvalue weighted by Gasteiger charge is -2.18. The van der Waals surface area contributed by atoms with E-state index in [1.807, 2.05) is 24.3 Å². The van der Waals surface area contributed by atoms with E-state index >= 15 is 0 Å². The number of alkyl halides is 3. The summed E-state index contributed by atoms with van der Waals surface area (Å²) in [7, 11) is 0. The molecule has 0 radical (unpaired) electrons. The van der Waals surface area contributed by atoms with Crippen LogP contribution in [0.25, 0.3) is 0 Å². The van der Waals surface area contributed by atoms with Crippen molar-refractivity contribution in [3.8, 4) is 0 Å². The monoisotopic (exact) mass is 358 g/mol. The lowest BCUT2D eigenvalue weighted by atomic mass is 9.98. The van der Waals surface area contributed by atoms with Crippen LogP contribution in [-0.4, -0.2) is 0 Å². The van der Waals surface area contributed by atoms with Gasteiger partial charge < -0.3 is 0 Å². The van der Waals surface area contributed by atoms with E-state index in [1.54, 1.807) is 6.07 Å². The van der Waals surface area contributed by atoms with Gasteiger partial charge in [0.1, 0.15) is 0 Å². The van der Waals surface area contributed by atoms with Crippen molar-refractivity contribution in [2.24, 2.45) is 5.84 Å². The highest BCUT2D eigenvalue weighted by atomic mass is 79.9. The Morgan fingerprint density at radius 1 is 1.10 bits per heavy atom. The predicted molar refractivity (Wildman–Crippen MR) is 79.4 cm³/mol. The van der Waals surface area contributed by atoms with Gasteiger partial charge in [-0.2, -0.15) is 13.2 Å². The molecule has 0 aromatic heterocycles. The number of nitrogens with two attached hydrogens (primary N) is 1. The van der Waals surface area contributed by atoms with Crippen LogP contribution in [0.5, 0.6) is 0 Å². The maximum Gasteiger partial charge on any atom is 0.416 e. The fourth-order valence-electron chi connectivity index (χ4n) is 2.10. The van der Waals surface area contributed by atoms with Crippen molar-refractivity contribution in [3.63, 3.8) is 0 Å². The maximum atomic E-state index is 12.8. The molecule has 112 valence electrons. The predicted octanol–water partition coefficient (Wildman–Crippen LogP) is 4.22. The first-order valence-electron chi connectivity index (χ1n) is 6.28. The number of hydrogen-bond donors (Lipinski definition) is 2. The van der Waals surface area contributed by atoms with Gasteiger partial charge in [-0.05, 0) is 41.8 Å².